The molecule has 0 bridgehead atoms. The minimum atomic E-state index is -1.09. The zero-order valence-electron chi connectivity index (χ0n) is 59.8. The number of hydrogen-bond acceptors (Lipinski definition) is 5. The van der Waals surface area contributed by atoms with Crippen LogP contribution in [0, 0.1) is 101 Å². The highest BCUT2D eigenvalue weighted by Gasteiger charge is 2.15. The number of para-hydroxylation sites is 3. The summed E-state index contributed by atoms with van der Waals surface area (Å²) in [5.74, 6) is -1.93. The third kappa shape index (κ3) is 15.1. The smallest absolute Gasteiger partial charge is 0.164 e. The Morgan fingerprint density at radius 1 is 0.317 bits per heavy atom. The van der Waals surface area contributed by atoms with Gasteiger partial charge in [-0.2, -0.15) is 0 Å². The Bertz CT molecular complexity index is 5820. The maximum Gasteiger partial charge on any atom is 0.164 e. The largest absolute Gasteiger partial charge is 0.456 e. The van der Waals surface area contributed by atoms with Crippen LogP contribution in [0.3, 0.4) is 0 Å². The van der Waals surface area contributed by atoms with Gasteiger partial charge < -0.3 is 13.6 Å². The molecule has 0 atom stereocenters. The summed E-state index contributed by atoms with van der Waals surface area (Å²) in [7, 11) is 4.25. The molecule has 0 amide bonds. The molecule has 0 radical (unpaired) electrons. The number of rotatable bonds is 1. The first kappa shape index (κ1) is 69.7. The number of aryl methyl sites for hydroxylation is 13. The van der Waals surface area contributed by atoms with Crippen LogP contribution in [0.2, 0.25) is 0 Å². The molecule has 0 N–H and O–H groups in total. The van der Waals surface area contributed by atoms with Gasteiger partial charge in [0.1, 0.15) is 22.8 Å². The first-order chi connectivity index (χ1) is 48.6. The number of thiophene rings is 1. The lowest BCUT2D eigenvalue weighted by Gasteiger charge is -2.12. The molecule has 0 aliphatic heterocycles. The number of nitrogens with zero attached hydrogens (tertiary/aromatic N) is 5. The van der Waals surface area contributed by atoms with Crippen molar-refractivity contribution in [2.24, 2.45) is 14.1 Å². The summed E-state index contributed by atoms with van der Waals surface area (Å²) < 4.78 is 51.0. The third-order valence-electron chi connectivity index (χ3n) is 18.5. The van der Waals surface area contributed by atoms with Crippen molar-refractivity contribution in [1.29, 1.82) is 0 Å². The van der Waals surface area contributed by atoms with E-state index in [0.717, 1.165) is 51.0 Å². The van der Waals surface area contributed by atoms with Crippen LogP contribution < -0.4 is 0 Å². The van der Waals surface area contributed by atoms with E-state index in [1.807, 2.05) is 55.5 Å². The molecule has 0 unspecified atom stereocenters. The molecule has 101 heavy (non-hydrogen) atoms. The molecule has 12 aromatic carbocycles. The molecular weight excluding hydrogens is 1270 g/mol. The summed E-state index contributed by atoms with van der Waals surface area (Å²) in [4.78, 5) is 13.3. The van der Waals surface area contributed by atoms with Gasteiger partial charge in [0.25, 0.3) is 0 Å². The molecule has 6 heterocycles. The average Bonchev–Trinajstić information content (AvgIpc) is 1.66. The number of furan rings is 1. The molecule has 0 aliphatic carbocycles. The van der Waals surface area contributed by atoms with Gasteiger partial charge in [-0.15, -0.1) is 11.3 Å². The number of benzene rings is 12. The lowest BCUT2D eigenvalue weighted by Crippen LogP contribution is -1.96. The van der Waals surface area contributed by atoms with Crippen molar-refractivity contribution < 1.29 is 17.6 Å². The topological polar surface area (TPSA) is 61.7 Å². The van der Waals surface area contributed by atoms with Gasteiger partial charge in [-0.25, -0.2) is 23.1 Å². The Hall–Kier alpha value is -11.2. The van der Waals surface area contributed by atoms with E-state index < -0.39 is 17.5 Å². The number of halogens is 3. The van der Waals surface area contributed by atoms with E-state index in [4.69, 9.17) is 4.42 Å². The van der Waals surface area contributed by atoms with Gasteiger partial charge in [-0.1, -0.05) is 181 Å². The molecule has 10 heteroatoms. The second-order valence-electron chi connectivity index (χ2n) is 26.3. The second kappa shape index (κ2) is 30.1. The number of hydrogen-bond donors (Lipinski definition) is 0. The van der Waals surface area contributed by atoms with E-state index >= 15 is 0 Å². The normalized spacial score (nSPS) is 11.0. The van der Waals surface area contributed by atoms with Crippen molar-refractivity contribution in [3.8, 4) is 11.1 Å². The van der Waals surface area contributed by atoms with Crippen molar-refractivity contribution >= 4 is 119 Å². The highest BCUT2D eigenvalue weighted by atomic mass is 32.1. The predicted molar refractivity (Wildman–Crippen MR) is 424 cm³/mol. The summed E-state index contributed by atoms with van der Waals surface area (Å²) >= 11 is 1.89. The van der Waals surface area contributed by atoms with Gasteiger partial charge in [0, 0.05) is 128 Å². The Kier molecular flexibility index (Phi) is 20.8. The van der Waals surface area contributed by atoms with Gasteiger partial charge >= 0.3 is 0 Å². The van der Waals surface area contributed by atoms with Crippen molar-refractivity contribution in [3.63, 3.8) is 0 Å². The first-order valence-corrected chi connectivity index (χ1v) is 34.8. The minimum absolute atomic E-state index is 0.00870. The van der Waals surface area contributed by atoms with Gasteiger partial charge in [-0.05, 0) is 194 Å². The van der Waals surface area contributed by atoms with Crippen molar-refractivity contribution in [2.45, 2.75) is 83.1 Å². The van der Waals surface area contributed by atoms with E-state index in [2.05, 4.69) is 300 Å². The third-order valence-corrected chi connectivity index (χ3v) is 19.6. The molecule has 6 nitrogen and oxygen atoms in total. The average molecular weight is 1350 g/mol. The zero-order chi connectivity index (χ0) is 71.3. The summed E-state index contributed by atoms with van der Waals surface area (Å²) in [5, 5.41) is 14.2. The van der Waals surface area contributed by atoms with Gasteiger partial charge in [-0.3, -0.25) is 4.98 Å². The number of aromatic nitrogens is 5. The lowest BCUT2D eigenvalue weighted by molar-refractivity contribution is 0.480. The Balaban J connectivity index is 0.000000112. The number of pyridine rings is 1. The van der Waals surface area contributed by atoms with Crippen LogP contribution in [0.1, 0.15) is 67.4 Å². The molecule has 6 aromatic heterocycles. The zero-order valence-corrected chi connectivity index (χ0v) is 60.6. The molecule has 18 rings (SSSR count). The van der Waals surface area contributed by atoms with E-state index in [1.165, 1.54) is 144 Å². The molecule has 0 saturated heterocycles. The quantitative estimate of drug-likeness (QED) is 0.154. The molecule has 504 valence electrons. The van der Waals surface area contributed by atoms with Crippen LogP contribution >= 0.6 is 11.3 Å². The fourth-order valence-corrected chi connectivity index (χ4v) is 14.6. The highest BCUT2D eigenvalue weighted by molar-refractivity contribution is 7.25. The van der Waals surface area contributed by atoms with Crippen LogP contribution in [0.15, 0.2) is 247 Å². The standard InChI is InChI=1S/C17H15N.2C14H13N.C14H12O.C14H12S.C10H10N2.C8H7F3/c1-12-15-10-6-7-11-16(15)17(13(2)18-12)14-8-4-3-5-9-14;1-10-7-8-14-12(9-10)11-5-3-4-6-13(11)15(14)2;1-10-7-8-12-11-5-3-4-6-13(11)15(2)14(12)9-10;2*1-9-3-5-11-12-6-4-10(2)8-14(12)15-13(11)7-9;1-7-9-5-3-4-6-10(9)12-8(2)11-7;1-4-3-6(9)5(2)8(11)7(4)10/h3-11H,1-2H3;2*3-9H,1-2H3;2*3-8H,1-2H3;3-6H,1-2H3;3H,1-2H3. The monoisotopic (exact) mass is 1350 g/mol. The highest BCUT2D eigenvalue weighted by Crippen LogP contribution is 2.37. The Morgan fingerprint density at radius 2 is 0.743 bits per heavy atom. The Labute approximate surface area is 592 Å². The van der Waals surface area contributed by atoms with Gasteiger partial charge in [0.05, 0.1) is 5.52 Å². The molecule has 18 aromatic rings. The SMILES string of the molecule is Cc1cc(F)c(C)c(F)c1F.Cc1ccc2c(c1)c1ccccc1n2C.Cc1ccc2c(c1)oc1cc(C)ccc12.Cc1ccc2c(c1)sc1cc(C)ccc12.Cc1ccc2c3ccccc3n(C)c2c1.Cc1nc(C)c2ccccc2c1-c1ccccc1.Cc1nc(C)c2ccccc2n1. The van der Waals surface area contributed by atoms with Crippen molar-refractivity contribution in [2.75, 3.05) is 0 Å². The maximum absolute atomic E-state index is 12.6. The van der Waals surface area contributed by atoms with Crippen LogP contribution in [-0.2, 0) is 14.1 Å². The van der Waals surface area contributed by atoms with Crippen LogP contribution in [-0.4, -0.2) is 24.1 Å². The van der Waals surface area contributed by atoms with E-state index in [0.29, 0.717) is 0 Å². The van der Waals surface area contributed by atoms with Gasteiger partial charge in [0.15, 0.2) is 11.6 Å². The Morgan fingerprint density at radius 3 is 1.34 bits per heavy atom. The fourth-order valence-electron chi connectivity index (χ4n) is 13.3. The van der Waals surface area contributed by atoms with Crippen molar-refractivity contribution in [1.82, 2.24) is 24.1 Å². The summed E-state index contributed by atoms with van der Waals surface area (Å²) in [6, 6.07) is 84.4. The van der Waals surface area contributed by atoms with Crippen LogP contribution in [0.4, 0.5) is 13.2 Å². The molecular formula is C91H82F3N5OS. The molecule has 0 aliphatic rings. The lowest BCUT2D eigenvalue weighted by atomic mass is 9.96. The molecule has 0 saturated carbocycles. The van der Waals surface area contributed by atoms with E-state index in [9.17, 15) is 13.2 Å². The molecule has 0 fully saturated rings. The summed E-state index contributed by atoms with van der Waals surface area (Å²) in [5.41, 5.74) is 21.5. The van der Waals surface area contributed by atoms with Crippen molar-refractivity contribution in [3.05, 3.63) is 328 Å². The van der Waals surface area contributed by atoms with Crippen LogP contribution in [0.25, 0.3) is 119 Å². The predicted octanol–water partition coefficient (Wildman–Crippen LogP) is 25.6. The van der Waals surface area contributed by atoms with E-state index in [-0.39, 0.29) is 11.1 Å². The maximum atomic E-state index is 12.6. The van der Waals surface area contributed by atoms with Gasteiger partial charge in [0.2, 0.25) is 0 Å². The molecule has 0 spiro atoms. The van der Waals surface area contributed by atoms with E-state index in [1.54, 1.807) is 0 Å². The first-order valence-electron chi connectivity index (χ1n) is 34.0. The minimum Gasteiger partial charge on any atom is -0.456 e. The second-order valence-corrected chi connectivity index (χ2v) is 27.4. The fraction of sp³-hybridized carbons (Fsp3) is 0.154. The number of fused-ring (bicyclic) bond motifs is 14. The summed E-state index contributed by atoms with van der Waals surface area (Å²) in [6.45, 7) is 23.3. The summed E-state index contributed by atoms with van der Waals surface area (Å²) in [6.07, 6.45) is 0. The van der Waals surface area contributed by atoms with Crippen LogP contribution in [0.5, 0.6) is 0 Å².